The lowest BCUT2D eigenvalue weighted by Crippen LogP contribution is -1.90. The van der Waals surface area contributed by atoms with Crippen molar-refractivity contribution in [2.24, 2.45) is 15.3 Å². The smallest absolute Gasteiger partial charge is 0.204 e. The van der Waals surface area contributed by atoms with Crippen LogP contribution in [-0.4, -0.2) is 16.3 Å². The third kappa shape index (κ3) is 4.16. The summed E-state index contributed by atoms with van der Waals surface area (Å²) in [5.41, 5.74) is 5.45. The maximum atomic E-state index is 10.1. The number of hydrazone groups is 1. The van der Waals surface area contributed by atoms with E-state index in [-0.39, 0.29) is 5.75 Å². The lowest BCUT2D eigenvalue weighted by atomic mass is 10.2. The largest absolute Gasteiger partial charge is 0.507 e. The molecule has 0 aliphatic carbocycles. The fourth-order valence-electron chi connectivity index (χ4n) is 2.43. The fraction of sp³-hybridized carbons (Fsp3) is 0. The summed E-state index contributed by atoms with van der Waals surface area (Å²) in [5, 5.41) is 23.7. The lowest BCUT2D eigenvalue weighted by molar-refractivity contribution is 0.474. The first-order chi connectivity index (χ1) is 13.7. The Bertz CT molecular complexity index is 1160. The number of hydrogen-bond donors (Lipinski definition) is 2. The SMILES string of the molecule is Oc1ccc(N=Nc2ccccc2Cl)cc1/C=N\Nc1nc2ccccc2s1. The molecule has 0 amide bonds. The van der Waals surface area contributed by atoms with Gasteiger partial charge in [-0.15, -0.1) is 5.11 Å². The monoisotopic (exact) mass is 407 g/mol. The van der Waals surface area contributed by atoms with Crippen molar-refractivity contribution in [2.45, 2.75) is 0 Å². The van der Waals surface area contributed by atoms with Crippen LogP contribution in [0, 0.1) is 0 Å². The van der Waals surface area contributed by atoms with E-state index in [0.29, 0.717) is 27.1 Å². The number of hydrogen-bond acceptors (Lipinski definition) is 7. The van der Waals surface area contributed by atoms with Gasteiger partial charge in [0.25, 0.3) is 0 Å². The van der Waals surface area contributed by atoms with Crippen molar-refractivity contribution in [2.75, 3.05) is 5.43 Å². The summed E-state index contributed by atoms with van der Waals surface area (Å²) in [6, 6.07) is 19.9. The average molecular weight is 408 g/mol. The summed E-state index contributed by atoms with van der Waals surface area (Å²) < 4.78 is 1.07. The summed E-state index contributed by atoms with van der Waals surface area (Å²) in [6.07, 6.45) is 1.51. The Morgan fingerprint density at radius 1 is 1.00 bits per heavy atom. The van der Waals surface area contributed by atoms with Crippen molar-refractivity contribution in [1.82, 2.24) is 4.98 Å². The molecule has 0 saturated carbocycles. The van der Waals surface area contributed by atoms with Gasteiger partial charge in [-0.3, -0.25) is 5.43 Å². The number of phenolic OH excluding ortho intramolecular Hbond substituents is 1. The van der Waals surface area contributed by atoms with Gasteiger partial charge in [-0.05, 0) is 42.5 Å². The number of aromatic hydroxyl groups is 1. The van der Waals surface area contributed by atoms with Gasteiger partial charge in [-0.2, -0.15) is 10.2 Å². The van der Waals surface area contributed by atoms with E-state index in [4.69, 9.17) is 11.6 Å². The highest BCUT2D eigenvalue weighted by molar-refractivity contribution is 7.22. The Kier molecular flexibility index (Phi) is 5.27. The molecule has 8 heteroatoms. The molecule has 0 radical (unpaired) electrons. The van der Waals surface area contributed by atoms with E-state index in [2.05, 4.69) is 25.7 Å². The third-order valence-electron chi connectivity index (χ3n) is 3.79. The number of anilines is 1. The lowest BCUT2D eigenvalue weighted by Gasteiger charge is -2.00. The standard InChI is InChI=1S/C20H14ClN5OS/c21-15-5-1-2-6-16(15)25-24-14-9-10-18(27)13(11-14)12-22-26-20-23-17-7-3-4-8-19(17)28-20/h1-12,27H,(H,23,26)/b22-12-,25-24?. The molecule has 0 saturated heterocycles. The molecule has 0 bridgehead atoms. The minimum atomic E-state index is 0.0894. The van der Waals surface area contributed by atoms with Crippen LogP contribution in [0.3, 0.4) is 0 Å². The molecule has 138 valence electrons. The Morgan fingerprint density at radius 2 is 1.82 bits per heavy atom. The highest BCUT2D eigenvalue weighted by atomic mass is 35.5. The van der Waals surface area contributed by atoms with Gasteiger partial charge in [0.15, 0.2) is 0 Å². The average Bonchev–Trinajstić information content (AvgIpc) is 3.12. The van der Waals surface area contributed by atoms with E-state index in [9.17, 15) is 5.11 Å². The fourth-order valence-corrected chi connectivity index (χ4v) is 3.42. The summed E-state index contributed by atoms with van der Waals surface area (Å²) in [7, 11) is 0. The number of para-hydroxylation sites is 1. The number of benzene rings is 3. The van der Waals surface area contributed by atoms with Crippen LogP contribution in [0.1, 0.15) is 5.56 Å². The molecular formula is C20H14ClN5OS. The highest BCUT2D eigenvalue weighted by Gasteiger charge is 2.03. The number of aromatic nitrogens is 1. The first kappa shape index (κ1) is 18.1. The normalized spacial score (nSPS) is 11.6. The second-order valence-corrected chi connectivity index (χ2v) is 7.19. The van der Waals surface area contributed by atoms with Crippen LogP contribution in [0.5, 0.6) is 5.75 Å². The quantitative estimate of drug-likeness (QED) is 0.224. The molecule has 6 nitrogen and oxygen atoms in total. The number of fused-ring (bicyclic) bond motifs is 1. The summed E-state index contributed by atoms with van der Waals surface area (Å²) in [5.74, 6) is 0.0894. The van der Waals surface area contributed by atoms with Crippen molar-refractivity contribution in [3.05, 3.63) is 77.3 Å². The van der Waals surface area contributed by atoms with Crippen LogP contribution in [-0.2, 0) is 0 Å². The second-order valence-electron chi connectivity index (χ2n) is 5.75. The van der Waals surface area contributed by atoms with Crippen molar-refractivity contribution in [1.29, 1.82) is 0 Å². The molecule has 1 aromatic heterocycles. The van der Waals surface area contributed by atoms with Crippen LogP contribution in [0.15, 0.2) is 82.1 Å². The van der Waals surface area contributed by atoms with E-state index in [1.54, 1.807) is 30.3 Å². The molecule has 28 heavy (non-hydrogen) atoms. The van der Waals surface area contributed by atoms with E-state index >= 15 is 0 Å². The molecule has 0 unspecified atom stereocenters. The van der Waals surface area contributed by atoms with Gasteiger partial charge in [0, 0.05) is 5.56 Å². The van der Waals surface area contributed by atoms with Crippen molar-refractivity contribution < 1.29 is 5.11 Å². The zero-order valence-electron chi connectivity index (χ0n) is 14.5. The topological polar surface area (TPSA) is 82.2 Å². The predicted octanol–water partition coefficient (Wildman–Crippen LogP) is 6.52. The van der Waals surface area contributed by atoms with E-state index in [1.165, 1.54) is 17.6 Å². The molecule has 4 aromatic rings. The van der Waals surface area contributed by atoms with Gasteiger partial charge >= 0.3 is 0 Å². The number of halogens is 1. The zero-order valence-corrected chi connectivity index (χ0v) is 16.0. The Balaban J connectivity index is 1.50. The number of thiazole rings is 1. The van der Waals surface area contributed by atoms with Crippen LogP contribution in [0.2, 0.25) is 5.02 Å². The van der Waals surface area contributed by atoms with E-state index in [1.807, 2.05) is 36.4 Å². The molecule has 0 atom stereocenters. The molecule has 0 spiro atoms. The Labute approximate surface area is 169 Å². The van der Waals surface area contributed by atoms with Gasteiger partial charge in [-0.25, -0.2) is 4.98 Å². The van der Waals surface area contributed by atoms with E-state index in [0.717, 1.165) is 10.2 Å². The maximum Gasteiger partial charge on any atom is 0.204 e. The molecule has 2 N–H and O–H groups in total. The number of azo groups is 1. The zero-order chi connectivity index (χ0) is 19.3. The van der Waals surface area contributed by atoms with Crippen LogP contribution >= 0.6 is 22.9 Å². The molecule has 3 aromatic carbocycles. The molecule has 0 aliphatic rings. The highest BCUT2D eigenvalue weighted by Crippen LogP contribution is 2.28. The third-order valence-corrected chi connectivity index (χ3v) is 5.06. The van der Waals surface area contributed by atoms with Crippen molar-refractivity contribution in [3.63, 3.8) is 0 Å². The van der Waals surface area contributed by atoms with Gasteiger partial charge in [0.2, 0.25) is 5.13 Å². The molecular weight excluding hydrogens is 394 g/mol. The molecule has 4 rings (SSSR count). The van der Waals surface area contributed by atoms with Gasteiger partial charge in [-0.1, -0.05) is 47.2 Å². The van der Waals surface area contributed by atoms with Gasteiger partial charge < -0.3 is 5.11 Å². The Hall–Kier alpha value is -3.29. The van der Waals surface area contributed by atoms with Gasteiger partial charge in [0.1, 0.15) is 11.4 Å². The minimum Gasteiger partial charge on any atom is -0.507 e. The van der Waals surface area contributed by atoms with Crippen molar-refractivity contribution >= 4 is 55.9 Å². The minimum absolute atomic E-state index is 0.0894. The van der Waals surface area contributed by atoms with Crippen molar-refractivity contribution in [3.8, 4) is 5.75 Å². The van der Waals surface area contributed by atoms with Crippen LogP contribution < -0.4 is 5.43 Å². The predicted molar refractivity (Wildman–Crippen MR) is 115 cm³/mol. The first-order valence-corrected chi connectivity index (χ1v) is 9.52. The summed E-state index contributed by atoms with van der Waals surface area (Å²) >= 11 is 7.58. The van der Waals surface area contributed by atoms with Crippen LogP contribution in [0.4, 0.5) is 16.5 Å². The number of nitrogens with zero attached hydrogens (tertiary/aromatic N) is 4. The Morgan fingerprint density at radius 3 is 2.68 bits per heavy atom. The van der Waals surface area contributed by atoms with Gasteiger partial charge in [0.05, 0.1) is 27.1 Å². The summed E-state index contributed by atoms with van der Waals surface area (Å²) in [4.78, 5) is 4.44. The molecule has 0 aliphatic heterocycles. The number of nitrogens with one attached hydrogen (secondary N) is 1. The second kappa shape index (κ2) is 8.16. The summed E-state index contributed by atoms with van der Waals surface area (Å²) in [6.45, 7) is 0. The molecule has 1 heterocycles. The first-order valence-electron chi connectivity index (χ1n) is 8.33. The van der Waals surface area contributed by atoms with Crippen LogP contribution in [0.25, 0.3) is 10.2 Å². The number of phenols is 1. The molecule has 0 fully saturated rings. The maximum absolute atomic E-state index is 10.1. The van der Waals surface area contributed by atoms with E-state index < -0.39 is 0 Å². The number of rotatable bonds is 5.